The fourth-order valence-corrected chi connectivity index (χ4v) is 2.68. The van der Waals surface area contributed by atoms with Gasteiger partial charge in [0.1, 0.15) is 6.07 Å². The van der Waals surface area contributed by atoms with Gasteiger partial charge in [0.15, 0.2) is 0 Å². The molecule has 21 heavy (non-hydrogen) atoms. The van der Waals surface area contributed by atoms with E-state index in [1.165, 1.54) is 24.4 Å². The number of nitrogens with zero attached hydrogens (tertiary/aromatic N) is 2. The van der Waals surface area contributed by atoms with E-state index in [0.717, 1.165) is 6.07 Å². The highest BCUT2D eigenvalue weighted by Gasteiger charge is 2.33. The Morgan fingerprint density at radius 3 is 2.71 bits per heavy atom. The second-order valence-corrected chi connectivity index (χ2v) is 5.46. The van der Waals surface area contributed by atoms with Crippen molar-refractivity contribution in [3.8, 4) is 6.07 Å². The van der Waals surface area contributed by atoms with Crippen molar-refractivity contribution in [3.63, 3.8) is 0 Å². The third-order valence-corrected chi connectivity index (χ3v) is 3.74. The van der Waals surface area contributed by atoms with E-state index in [9.17, 15) is 13.6 Å². The van der Waals surface area contributed by atoms with Crippen molar-refractivity contribution in [3.05, 3.63) is 44.7 Å². The molecule has 3 nitrogen and oxygen atoms in total. The molecule has 0 bridgehead atoms. The van der Waals surface area contributed by atoms with Crippen molar-refractivity contribution < 1.29 is 13.6 Å². The second kappa shape index (κ2) is 4.64. The molecule has 6 heteroatoms. The molecule has 2 aromatic carbocycles. The van der Waals surface area contributed by atoms with Crippen LogP contribution in [0.1, 0.15) is 5.56 Å². The molecule has 0 aliphatic carbocycles. The zero-order valence-corrected chi connectivity index (χ0v) is 12.0. The minimum Gasteiger partial charge on any atom is -0.267 e. The first-order chi connectivity index (χ1) is 9.92. The number of rotatable bonds is 1. The van der Waals surface area contributed by atoms with Crippen LogP contribution in [0.4, 0.5) is 8.78 Å². The molecule has 1 aliphatic heterocycles. The van der Waals surface area contributed by atoms with E-state index in [1.807, 2.05) is 0 Å². The Hall–Kier alpha value is -2.26. The molecule has 0 fully saturated rings. The molecule has 0 saturated heterocycles. The molecule has 0 unspecified atom stereocenters. The quantitative estimate of drug-likeness (QED) is 0.790. The minimum atomic E-state index is -3.63. The molecular formula is C15H6BrF2N2O. The maximum Gasteiger partial charge on any atom is 0.358 e. The van der Waals surface area contributed by atoms with Crippen LogP contribution in [0.5, 0.6) is 0 Å². The number of hydrogen-bond donors (Lipinski definition) is 0. The van der Waals surface area contributed by atoms with Crippen molar-refractivity contribution in [2.75, 3.05) is 0 Å². The van der Waals surface area contributed by atoms with Crippen LogP contribution in [-0.4, -0.2) is 5.91 Å². The van der Waals surface area contributed by atoms with Gasteiger partial charge in [-0.25, -0.2) is 5.32 Å². The predicted molar refractivity (Wildman–Crippen MR) is 76.5 cm³/mol. The van der Waals surface area contributed by atoms with Crippen LogP contribution in [0.2, 0.25) is 0 Å². The normalized spacial score (nSPS) is 13.7. The summed E-state index contributed by atoms with van der Waals surface area (Å²) < 4.78 is 28.5. The first-order valence-electron chi connectivity index (χ1n) is 5.91. The lowest BCUT2D eigenvalue weighted by Gasteiger charge is -2.14. The van der Waals surface area contributed by atoms with E-state index in [4.69, 9.17) is 5.26 Å². The van der Waals surface area contributed by atoms with Gasteiger partial charge < -0.3 is 0 Å². The molecule has 0 atom stereocenters. The van der Waals surface area contributed by atoms with Gasteiger partial charge in [-0.3, -0.25) is 4.79 Å². The molecule has 0 spiro atoms. The molecule has 2 aromatic rings. The summed E-state index contributed by atoms with van der Waals surface area (Å²) in [7, 11) is 0. The molecular weight excluding hydrogens is 342 g/mol. The molecule has 1 amide bonds. The average Bonchev–Trinajstić information content (AvgIpc) is 2.45. The van der Waals surface area contributed by atoms with Gasteiger partial charge in [0.05, 0.1) is 0 Å². The SMILES string of the molecule is N#CC(F)(F)c1cc2c(c3cc(Br)ccc13)=C[N]C(=O)C=2. The fraction of sp³-hybridized carbons (Fsp3) is 0.0667. The largest absolute Gasteiger partial charge is 0.358 e. The van der Waals surface area contributed by atoms with Gasteiger partial charge in [-0.05, 0) is 34.2 Å². The Morgan fingerprint density at radius 2 is 2.00 bits per heavy atom. The molecule has 0 N–H and O–H groups in total. The number of benzene rings is 2. The molecule has 1 heterocycles. The van der Waals surface area contributed by atoms with Crippen LogP contribution >= 0.6 is 15.9 Å². The Morgan fingerprint density at radius 1 is 1.24 bits per heavy atom. The summed E-state index contributed by atoms with van der Waals surface area (Å²) in [4.78, 5) is 11.3. The highest BCUT2D eigenvalue weighted by Crippen LogP contribution is 2.32. The number of fused-ring (bicyclic) bond motifs is 3. The number of amides is 1. The van der Waals surface area contributed by atoms with E-state index in [0.29, 0.717) is 20.3 Å². The predicted octanol–water partition coefficient (Wildman–Crippen LogP) is 1.88. The minimum absolute atomic E-state index is 0.262. The smallest absolute Gasteiger partial charge is 0.267 e. The number of halogens is 3. The van der Waals surface area contributed by atoms with Gasteiger partial charge in [0.25, 0.3) is 5.91 Å². The van der Waals surface area contributed by atoms with Crippen LogP contribution in [-0.2, 0) is 10.7 Å². The van der Waals surface area contributed by atoms with Crippen molar-refractivity contribution in [2.24, 2.45) is 0 Å². The number of carbonyl (C=O) groups is 1. The highest BCUT2D eigenvalue weighted by atomic mass is 79.9. The second-order valence-electron chi connectivity index (χ2n) is 4.54. The summed E-state index contributed by atoms with van der Waals surface area (Å²) in [6.45, 7) is 0. The van der Waals surface area contributed by atoms with E-state index in [-0.39, 0.29) is 5.39 Å². The summed E-state index contributed by atoms with van der Waals surface area (Å²) in [5.41, 5.74) is -0.411. The molecule has 0 saturated carbocycles. The standard InChI is InChI=1S/C15H6BrF2N2O/c16-9-1-2-10-11(5-9)12-6-20-14(21)4-8(12)3-13(10)15(17,18)7-19/h1-6H. The number of carbonyl (C=O) groups excluding carboxylic acids is 1. The van der Waals surface area contributed by atoms with Crippen molar-refractivity contribution in [1.29, 1.82) is 5.26 Å². The van der Waals surface area contributed by atoms with E-state index in [2.05, 4.69) is 21.2 Å². The molecule has 1 aliphatic rings. The number of hydrogen-bond acceptors (Lipinski definition) is 2. The van der Waals surface area contributed by atoms with Crippen LogP contribution in [0.15, 0.2) is 28.7 Å². The van der Waals surface area contributed by atoms with Gasteiger partial charge >= 0.3 is 5.92 Å². The average molecular weight is 348 g/mol. The van der Waals surface area contributed by atoms with Gasteiger partial charge in [0.2, 0.25) is 0 Å². The molecule has 103 valence electrons. The van der Waals surface area contributed by atoms with E-state index >= 15 is 0 Å². The zero-order valence-electron chi connectivity index (χ0n) is 10.4. The first kappa shape index (κ1) is 13.7. The first-order valence-corrected chi connectivity index (χ1v) is 6.70. The lowest BCUT2D eigenvalue weighted by Crippen LogP contribution is -2.35. The fourth-order valence-electron chi connectivity index (χ4n) is 2.32. The van der Waals surface area contributed by atoms with Crippen molar-refractivity contribution >= 4 is 44.9 Å². The van der Waals surface area contributed by atoms with Crippen LogP contribution < -0.4 is 15.8 Å². The highest BCUT2D eigenvalue weighted by molar-refractivity contribution is 9.10. The van der Waals surface area contributed by atoms with Gasteiger partial charge in [-0.2, -0.15) is 14.0 Å². The number of alkyl halides is 2. The Kier molecular flexibility index (Phi) is 3.03. The van der Waals surface area contributed by atoms with Crippen molar-refractivity contribution in [2.45, 2.75) is 5.92 Å². The van der Waals surface area contributed by atoms with E-state index < -0.39 is 17.4 Å². The summed E-state index contributed by atoms with van der Waals surface area (Å²) >= 11 is 3.29. The van der Waals surface area contributed by atoms with Crippen LogP contribution in [0.25, 0.3) is 23.0 Å². The third-order valence-electron chi connectivity index (χ3n) is 3.25. The summed E-state index contributed by atoms with van der Waals surface area (Å²) in [6, 6.07) is 6.99. The lowest BCUT2D eigenvalue weighted by atomic mass is 9.96. The lowest BCUT2D eigenvalue weighted by molar-refractivity contribution is -0.114. The Bertz CT molecular complexity index is 945. The van der Waals surface area contributed by atoms with Gasteiger partial charge in [-0.15, -0.1) is 0 Å². The third kappa shape index (κ3) is 2.20. The Balaban J connectivity index is 2.56. The molecule has 1 radical (unpaired) electrons. The monoisotopic (exact) mass is 347 g/mol. The van der Waals surface area contributed by atoms with Crippen molar-refractivity contribution in [1.82, 2.24) is 5.32 Å². The van der Waals surface area contributed by atoms with Gasteiger partial charge in [-0.1, -0.05) is 22.0 Å². The van der Waals surface area contributed by atoms with E-state index in [1.54, 1.807) is 12.1 Å². The molecule has 3 rings (SSSR count). The maximum absolute atomic E-state index is 13.9. The zero-order chi connectivity index (χ0) is 15.2. The maximum atomic E-state index is 13.9. The summed E-state index contributed by atoms with van der Waals surface area (Å²) in [6.07, 6.45) is 2.55. The van der Waals surface area contributed by atoms with Crippen LogP contribution in [0, 0.1) is 11.3 Å². The van der Waals surface area contributed by atoms with Gasteiger partial charge in [0, 0.05) is 27.5 Å². The summed E-state index contributed by atoms with van der Waals surface area (Å²) in [5.74, 6) is -4.14. The summed E-state index contributed by atoms with van der Waals surface area (Å²) in [5, 5.41) is 14.1. The topological polar surface area (TPSA) is 55.0 Å². The van der Waals surface area contributed by atoms with Crippen LogP contribution in [0.3, 0.4) is 0 Å². The molecule has 0 aromatic heterocycles. The Labute approximate surface area is 126 Å². The number of nitriles is 1.